The first-order valence-corrected chi connectivity index (χ1v) is 7.77. The van der Waals surface area contributed by atoms with Crippen LogP contribution in [0.15, 0.2) is 24.3 Å². The van der Waals surface area contributed by atoms with Gasteiger partial charge in [-0.15, -0.1) is 0 Å². The minimum Gasteiger partial charge on any atom is -0.469 e. The Balaban J connectivity index is 2.46. The molecule has 1 aromatic rings. The molecule has 2 atom stereocenters. The fourth-order valence-electron chi connectivity index (χ4n) is 1.52. The maximum absolute atomic E-state index is 11.8. The number of anilines is 1. The van der Waals surface area contributed by atoms with Gasteiger partial charge in [-0.1, -0.05) is 24.6 Å². The van der Waals surface area contributed by atoms with Crippen LogP contribution in [0.3, 0.4) is 0 Å². The number of hydrogen-bond donors (Lipinski definition) is 1. The molecule has 1 amide bonds. The van der Waals surface area contributed by atoms with Crippen molar-refractivity contribution in [3.05, 3.63) is 29.3 Å². The van der Waals surface area contributed by atoms with Crippen LogP contribution in [0.5, 0.6) is 0 Å². The molecule has 0 aliphatic carbocycles. The highest BCUT2D eigenvalue weighted by molar-refractivity contribution is 7.85. The molecule has 1 aromatic carbocycles. The molecule has 0 aromatic heterocycles. The fraction of sp³-hybridized carbons (Fsp3) is 0.385. The SMILES string of the molecule is COC(=O)C(C)CS(=O)CC(=O)Nc1cccc(Cl)c1. The molecule has 5 nitrogen and oxygen atoms in total. The van der Waals surface area contributed by atoms with E-state index in [4.69, 9.17) is 11.6 Å². The van der Waals surface area contributed by atoms with E-state index in [2.05, 4.69) is 10.1 Å². The molecule has 0 heterocycles. The normalized spacial score (nSPS) is 13.3. The second-order valence-corrected chi connectivity index (χ2v) is 6.17. The zero-order valence-electron chi connectivity index (χ0n) is 11.2. The van der Waals surface area contributed by atoms with E-state index in [1.54, 1.807) is 31.2 Å². The Morgan fingerprint density at radius 2 is 2.15 bits per heavy atom. The van der Waals surface area contributed by atoms with E-state index in [1.807, 2.05) is 0 Å². The molecule has 0 saturated carbocycles. The lowest BCUT2D eigenvalue weighted by molar-refractivity contribution is -0.144. The Bertz CT molecular complexity index is 521. The van der Waals surface area contributed by atoms with E-state index >= 15 is 0 Å². The summed E-state index contributed by atoms with van der Waals surface area (Å²) in [6.07, 6.45) is 0. The third-order valence-electron chi connectivity index (χ3n) is 2.44. The van der Waals surface area contributed by atoms with E-state index < -0.39 is 22.7 Å². The smallest absolute Gasteiger partial charge is 0.309 e. The van der Waals surface area contributed by atoms with Crippen LogP contribution in [-0.4, -0.2) is 34.7 Å². The van der Waals surface area contributed by atoms with Crippen molar-refractivity contribution >= 4 is 40.0 Å². The van der Waals surface area contributed by atoms with Crippen LogP contribution in [0, 0.1) is 5.92 Å². The topological polar surface area (TPSA) is 72.5 Å². The molecular weight excluding hydrogens is 302 g/mol. The molecule has 0 bridgehead atoms. The number of ether oxygens (including phenoxy) is 1. The van der Waals surface area contributed by atoms with Crippen LogP contribution >= 0.6 is 11.6 Å². The van der Waals surface area contributed by atoms with Crippen molar-refractivity contribution in [1.29, 1.82) is 0 Å². The first kappa shape index (κ1) is 16.7. The number of amides is 1. The molecule has 1 N–H and O–H groups in total. The molecule has 0 radical (unpaired) electrons. The van der Waals surface area contributed by atoms with Crippen molar-refractivity contribution in [1.82, 2.24) is 0 Å². The average molecular weight is 318 g/mol. The Labute approximate surface area is 125 Å². The third-order valence-corrected chi connectivity index (χ3v) is 4.13. The Morgan fingerprint density at radius 3 is 2.75 bits per heavy atom. The first-order chi connectivity index (χ1) is 9.42. The van der Waals surface area contributed by atoms with Crippen LogP contribution in [0.2, 0.25) is 5.02 Å². The summed E-state index contributed by atoms with van der Waals surface area (Å²) in [6.45, 7) is 1.61. The number of methoxy groups -OCH3 is 1. The van der Waals surface area contributed by atoms with Crippen LogP contribution in [0.25, 0.3) is 0 Å². The lowest BCUT2D eigenvalue weighted by Gasteiger charge is -2.09. The first-order valence-electron chi connectivity index (χ1n) is 5.90. The molecule has 0 spiro atoms. The summed E-state index contributed by atoms with van der Waals surface area (Å²) < 4.78 is 16.3. The average Bonchev–Trinajstić information content (AvgIpc) is 2.37. The maximum atomic E-state index is 11.8. The van der Waals surface area contributed by atoms with Crippen LogP contribution in [0.1, 0.15) is 6.92 Å². The summed E-state index contributed by atoms with van der Waals surface area (Å²) in [4.78, 5) is 22.9. The Hall–Kier alpha value is -1.40. The van der Waals surface area contributed by atoms with Crippen LogP contribution in [0.4, 0.5) is 5.69 Å². The molecule has 0 fully saturated rings. The van der Waals surface area contributed by atoms with Gasteiger partial charge in [-0.05, 0) is 18.2 Å². The van der Waals surface area contributed by atoms with Gasteiger partial charge in [-0.25, -0.2) is 0 Å². The maximum Gasteiger partial charge on any atom is 0.309 e. The standard InChI is InChI=1S/C13H16ClNO4S/c1-9(13(17)19-2)7-20(18)8-12(16)15-11-5-3-4-10(14)6-11/h3-6,9H,7-8H2,1-2H3,(H,15,16). The van der Waals surface area contributed by atoms with Crippen LogP contribution in [-0.2, 0) is 25.1 Å². The molecule has 0 saturated heterocycles. The van der Waals surface area contributed by atoms with Gasteiger partial charge in [0.05, 0.1) is 13.0 Å². The number of rotatable bonds is 6. The fourth-order valence-corrected chi connectivity index (χ4v) is 2.88. The van der Waals surface area contributed by atoms with E-state index in [-0.39, 0.29) is 17.4 Å². The van der Waals surface area contributed by atoms with Gasteiger partial charge in [0, 0.05) is 27.3 Å². The lowest BCUT2D eigenvalue weighted by Crippen LogP contribution is -2.25. The Kier molecular flexibility index (Phi) is 6.67. The van der Waals surface area contributed by atoms with Crippen molar-refractivity contribution in [3.63, 3.8) is 0 Å². The predicted octanol–water partition coefficient (Wildman–Crippen LogP) is 1.84. The molecular formula is C13H16ClNO4S. The number of carbonyl (C=O) groups is 2. The second kappa shape index (κ2) is 8.01. The van der Waals surface area contributed by atoms with Gasteiger partial charge in [-0.3, -0.25) is 13.8 Å². The lowest BCUT2D eigenvalue weighted by atomic mass is 10.2. The van der Waals surface area contributed by atoms with Crippen LogP contribution < -0.4 is 5.32 Å². The minimum atomic E-state index is -1.43. The highest BCUT2D eigenvalue weighted by atomic mass is 35.5. The molecule has 0 aliphatic heterocycles. The van der Waals surface area contributed by atoms with E-state index in [0.29, 0.717) is 10.7 Å². The summed E-state index contributed by atoms with van der Waals surface area (Å²) in [5, 5.41) is 3.10. The Morgan fingerprint density at radius 1 is 1.45 bits per heavy atom. The highest BCUT2D eigenvalue weighted by Gasteiger charge is 2.18. The largest absolute Gasteiger partial charge is 0.469 e. The number of hydrogen-bond acceptors (Lipinski definition) is 4. The zero-order chi connectivity index (χ0) is 15.1. The molecule has 20 heavy (non-hydrogen) atoms. The molecule has 2 unspecified atom stereocenters. The highest BCUT2D eigenvalue weighted by Crippen LogP contribution is 2.14. The minimum absolute atomic E-state index is 0.0929. The van der Waals surface area contributed by atoms with E-state index in [1.165, 1.54) is 7.11 Å². The van der Waals surface area contributed by atoms with Gasteiger partial charge in [0.15, 0.2) is 0 Å². The third kappa shape index (κ3) is 5.71. The molecule has 7 heteroatoms. The number of nitrogens with one attached hydrogen (secondary N) is 1. The number of carbonyl (C=O) groups excluding carboxylic acids is 2. The molecule has 1 rings (SSSR count). The summed E-state index contributed by atoms with van der Waals surface area (Å²) in [5.41, 5.74) is 0.542. The summed E-state index contributed by atoms with van der Waals surface area (Å²) >= 11 is 5.79. The number of halogens is 1. The quantitative estimate of drug-likeness (QED) is 0.813. The van der Waals surface area contributed by atoms with Gasteiger partial charge in [0.1, 0.15) is 5.75 Å². The van der Waals surface area contributed by atoms with Gasteiger partial charge in [0.25, 0.3) is 0 Å². The van der Waals surface area contributed by atoms with E-state index in [0.717, 1.165) is 0 Å². The summed E-state index contributed by atoms with van der Waals surface area (Å²) in [5.74, 6) is -1.40. The van der Waals surface area contributed by atoms with Crippen molar-refractivity contribution in [3.8, 4) is 0 Å². The predicted molar refractivity (Wildman–Crippen MR) is 79.1 cm³/mol. The number of benzene rings is 1. The van der Waals surface area contributed by atoms with Gasteiger partial charge in [-0.2, -0.15) is 0 Å². The van der Waals surface area contributed by atoms with Crippen molar-refractivity contribution in [2.75, 3.05) is 23.9 Å². The summed E-state index contributed by atoms with van der Waals surface area (Å²) in [6, 6.07) is 6.67. The monoisotopic (exact) mass is 317 g/mol. The number of esters is 1. The van der Waals surface area contributed by atoms with Gasteiger partial charge in [0.2, 0.25) is 5.91 Å². The van der Waals surface area contributed by atoms with Crippen molar-refractivity contribution in [2.45, 2.75) is 6.92 Å². The zero-order valence-corrected chi connectivity index (χ0v) is 12.8. The van der Waals surface area contributed by atoms with Crippen molar-refractivity contribution < 1.29 is 18.5 Å². The van der Waals surface area contributed by atoms with Gasteiger partial charge >= 0.3 is 5.97 Å². The molecule has 0 aliphatic rings. The van der Waals surface area contributed by atoms with Crippen molar-refractivity contribution in [2.24, 2.45) is 5.92 Å². The van der Waals surface area contributed by atoms with E-state index in [9.17, 15) is 13.8 Å². The van der Waals surface area contributed by atoms with Gasteiger partial charge < -0.3 is 10.1 Å². The summed E-state index contributed by atoms with van der Waals surface area (Å²) in [7, 11) is -0.156. The second-order valence-electron chi connectivity index (χ2n) is 4.23. The molecule has 110 valence electrons.